The lowest BCUT2D eigenvalue weighted by atomic mass is 9.99. The maximum atomic E-state index is 11.1. The van der Waals surface area contributed by atoms with Crippen LogP contribution in [0.25, 0.3) is 0 Å². The zero-order chi connectivity index (χ0) is 9.97. The second-order valence-electron chi connectivity index (χ2n) is 4.17. The molecular weight excluding hydrogens is 216 g/mol. The SMILES string of the molecule is Cl.NC1COCCC1N1CCC(=O)CC1. The number of nitrogens with two attached hydrogens (primary N) is 1. The van der Waals surface area contributed by atoms with Crippen LogP contribution in [0.4, 0.5) is 0 Å². The van der Waals surface area contributed by atoms with Crippen molar-refractivity contribution in [3.05, 3.63) is 0 Å². The first-order valence-corrected chi connectivity index (χ1v) is 5.36. The van der Waals surface area contributed by atoms with Crippen molar-refractivity contribution in [3.8, 4) is 0 Å². The Balaban J connectivity index is 0.00000112. The molecule has 2 saturated heterocycles. The Hall–Kier alpha value is -0.160. The number of likely N-dealkylation sites (tertiary alicyclic amines) is 1. The Bertz CT molecular complexity index is 215. The third-order valence-corrected chi connectivity index (χ3v) is 3.19. The number of halogens is 1. The van der Waals surface area contributed by atoms with E-state index < -0.39 is 0 Å². The summed E-state index contributed by atoms with van der Waals surface area (Å²) in [5, 5.41) is 0. The van der Waals surface area contributed by atoms with Crippen molar-refractivity contribution < 1.29 is 9.53 Å². The highest BCUT2D eigenvalue weighted by atomic mass is 35.5. The molecule has 0 aliphatic carbocycles. The minimum atomic E-state index is 0. The van der Waals surface area contributed by atoms with Gasteiger partial charge in [0.05, 0.1) is 6.61 Å². The fourth-order valence-corrected chi connectivity index (χ4v) is 2.31. The number of carbonyl (C=O) groups is 1. The summed E-state index contributed by atoms with van der Waals surface area (Å²) in [6.45, 7) is 3.24. The molecule has 5 heteroatoms. The van der Waals surface area contributed by atoms with Gasteiger partial charge in [-0.1, -0.05) is 0 Å². The first-order chi connectivity index (χ1) is 6.77. The third kappa shape index (κ3) is 3.14. The predicted octanol–water partition coefficient (Wildman–Crippen LogP) is 0.189. The van der Waals surface area contributed by atoms with Crippen LogP contribution in [0, 0.1) is 0 Å². The molecule has 0 saturated carbocycles. The molecule has 0 aromatic heterocycles. The lowest BCUT2D eigenvalue weighted by Crippen LogP contribution is -2.55. The average Bonchev–Trinajstić information content (AvgIpc) is 2.20. The fourth-order valence-electron chi connectivity index (χ4n) is 2.31. The van der Waals surface area contributed by atoms with Crippen molar-refractivity contribution in [2.75, 3.05) is 26.3 Å². The molecule has 0 spiro atoms. The first-order valence-electron chi connectivity index (χ1n) is 5.36. The molecule has 0 aromatic carbocycles. The van der Waals surface area contributed by atoms with Crippen LogP contribution in [0.1, 0.15) is 19.3 Å². The second kappa shape index (κ2) is 5.80. The largest absolute Gasteiger partial charge is 0.380 e. The van der Waals surface area contributed by atoms with E-state index in [2.05, 4.69) is 4.90 Å². The highest BCUT2D eigenvalue weighted by Crippen LogP contribution is 2.17. The standard InChI is InChI=1S/C10H18N2O2.ClH/c11-9-7-14-6-3-10(9)12-4-1-8(13)2-5-12;/h9-10H,1-7,11H2;1H. The summed E-state index contributed by atoms with van der Waals surface area (Å²) < 4.78 is 5.31. The van der Waals surface area contributed by atoms with Crippen molar-refractivity contribution in [3.63, 3.8) is 0 Å². The molecule has 2 unspecified atom stereocenters. The maximum absolute atomic E-state index is 11.1. The smallest absolute Gasteiger partial charge is 0.135 e. The van der Waals surface area contributed by atoms with Gasteiger partial charge in [0, 0.05) is 44.6 Å². The van der Waals surface area contributed by atoms with E-state index in [1.54, 1.807) is 0 Å². The van der Waals surface area contributed by atoms with E-state index in [0.717, 1.165) is 26.1 Å². The summed E-state index contributed by atoms with van der Waals surface area (Å²) in [6.07, 6.45) is 2.41. The predicted molar refractivity (Wildman–Crippen MR) is 60.3 cm³/mol. The molecule has 88 valence electrons. The Kier molecular flexibility index (Phi) is 4.99. The van der Waals surface area contributed by atoms with Gasteiger partial charge in [-0.25, -0.2) is 0 Å². The van der Waals surface area contributed by atoms with Crippen LogP contribution < -0.4 is 5.73 Å². The summed E-state index contributed by atoms with van der Waals surface area (Å²) in [5.41, 5.74) is 5.99. The lowest BCUT2D eigenvalue weighted by molar-refractivity contribution is -0.122. The Labute approximate surface area is 96.5 Å². The van der Waals surface area contributed by atoms with Crippen LogP contribution in [0.15, 0.2) is 0 Å². The zero-order valence-electron chi connectivity index (χ0n) is 8.85. The molecule has 2 aliphatic heterocycles. The quantitative estimate of drug-likeness (QED) is 0.704. The monoisotopic (exact) mass is 234 g/mol. The molecule has 2 atom stereocenters. The van der Waals surface area contributed by atoms with Crippen LogP contribution in [0.3, 0.4) is 0 Å². The van der Waals surface area contributed by atoms with Gasteiger partial charge in [0.2, 0.25) is 0 Å². The van der Waals surface area contributed by atoms with Gasteiger partial charge in [-0.15, -0.1) is 12.4 Å². The number of piperidine rings is 1. The third-order valence-electron chi connectivity index (χ3n) is 3.19. The van der Waals surface area contributed by atoms with Crippen LogP contribution in [-0.4, -0.2) is 49.1 Å². The van der Waals surface area contributed by atoms with Gasteiger partial charge in [-0.05, 0) is 6.42 Å². The van der Waals surface area contributed by atoms with Crippen molar-refractivity contribution >= 4 is 18.2 Å². The van der Waals surface area contributed by atoms with E-state index in [1.165, 1.54) is 0 Å². The average molecular weight is 235 g/mol. The van der Waals surface area contributed by atoms with Gasteiger partial charge >= 0.3 is 0 Å². The summed E-state index contributed by atoms with van der Waals surface area (Å²) in [4.78, 5) is 13.4. The minimum absolute atomic E-state index is 0. The summed E-state index contributed by atoms with van der Waals surface area (Å²) in [5.74, 6) is 0.391. The molecule has 0 aromatic rings. The molecule has 2 fully saturated rings. The number of ketones is 1. The molecule has 0 radical (unpaired) electrons. The van der Waals surface area contributed by atoms with E-state index in [-0.39, 0.29) is 18.4 Å². The number of rotatable bonds is 1. The van der Waals surface area contributed by atoms with Gasteiger partial charge in [-0.2, -0.15) is 0 Å². The molecular formula is C10H19ClN2O2. The number of nitrogens with zero attached hydrogens (tertiary/aromatic N) is 1. The fraction of sp³-hybridized carbons (Fsp3) is 0.900. The summed E-state index contributed by atoms with van der Waals surface area (Å²) in [6, 6.07) is 0.550. The van der Waals surface area contributed by atoms with Crippen molar-refractivity contribution in [1.29, 1.82) is 0 Å². The Morgan fingerprint density at radius 3 is 2.60 bits per heavy atom. The summed E-state index contributed by atoms with van der Waals surface area (Å²) >= 11 is 0. The highest BCUT2D eigenvalue weighted by molar-refractivity contribution is 5.85. The maximum Gasteiger partial charge on any atom is 0.135 e. The van der Waals surface area contributed by atoms with Crippen LogP contribution in [-0.2, 0) is 9.53 Å². The summed E-state index contributed by atoms with van der Waals surface area (Å²) in [7, 11) is 0. The van der Waals surface area contributed by atoms with Gasteiger partial charge in [0.1, 0.15) is 5.78 Å². The lowest BCUT2D eigenvalue weighted by Gasteiger charge is -2.39. The molecule has 2 rings (SSSR count). The van der Waals surface area contributed by atoms with Crippen molar-refractivity contribution in [2.24, 2.45) is 5.73 Å². The van der Waals surface area contributed by atoms with Crippen LogP contribution >= 0.6 is 12.4 Å². The molecule has 15 heavy (non-hydrogen) atoms. The normalized spacial score (nSPS) is 33.5. The van der Waals surface area contributed by atoms with Gasteiger partial charge in [0.15, 0.2) is 0 Å². The molecule has 2 N–H and O–H groups in total. The number of ether oxygens (including phenoxy) is 1. The van der Waals surface area contributed by atoms with Crippen molar-refractivity contribution in [2.45, 2.75) is 31.3 Å². The van der Waals surface area contributed by atoms with Crippen molar-refractivity contribution in [1.82, 2.24) is 4.90 Å². The molecule has 0 amide bonds. The van der Waals surface area contributed by atoms with Gasteiger partial charge in [0.25, 0.3) is 0 Å². The van der Waals surface area contributed by atoms with Gasteiger partial charge in [-0.3, -0.25) is 9.69 Å². The minimum Gasteiger partial charge on any atom is -0.380 e. The first kappa shape index (κ1) is 12.9. The second-order valence-corrected chi connectivity index (χ2v) is 4.17. The molecule has 0 bridgehead atoms. The number of hydrogen-bond acceptors (Lipinski definition) is 4. The van der Waals surface area contributed by atoms with E-state index in [1.807, 2.05) is 0 Å². The number of hydrogen-bond donors (Lipinski definition) is 1. The topological polar surface area (TPSA) is 55.6 Å². The van der Waals surface area contributed by atoms with E-state index >= 15 is 0 Å². The van der Waals surface area contributed by atoms with Crippen LogP contribution in [0.2, 0.25) is 0 Å². The van der Waals surface area contributed by atoms with Gasteiger partial charge < -0.3 is 10.5 Å². The highest BCUT2D eigenvalue weighted by Gasteiger charge is 2.30. The number of Topliss-reactive ketones (excluding diaryl/α,β-unsaturated/α-hetero) is 1. The number of carbonyl (C=O) groups excluding carboxylic acids is 1. The van der Waals surface area contributed by atoms with E-state index in [0.29, 0.717) is 31.3 Å². The molecule has 2 heterocycles. The Morgan fingerprint density at radius 1 is 1.33 bits per heavy atom. The van der Waals surface area contributed by atoms with E-state index in [4.69, 9.17) is 10.5 Å². The van der Waals surface area contributed by atoms with Crippen LogP contribution in [0.5, 0.6) is 0 Å². The molecule has 2 aliphatic rings. The van der Waals surface area contributed by atoms with E-state index in [9.17, 15) is 4.79 Å². The zero-order valence-corrected chi connectivity index (χ0v) is 9.67. The Morgan fingerprint density at radius 2 is 2.00 bits per heavy atom. The molecule has 4 nitrogen and oxygen atoms in total.